The summed E-state index contributed by atoms with van der Waals surface area (Å²) in [5, 5.41) is 15.3. The Morgan fingerprint density at radius 2 is 1.94 bits per heavy atom. The van der Waals surface area contributed by atoms with Crippen LogP contribution < -0.4 is 4.74 Å². The third-order valence-corrected chi connectivity index (χ3v) is 5.75. The van der Waals surface area contributed by atoms with Crippen molar-refractivity contribution in [2.75, 3.05) is 6.54 Å². The van der Waals surface area contributed by atoms with E-state index < -0.39 is 17.7 Å². The molecule has 188 valence electrons. The van der Waals surface area contributed by atoms with Crippen LogP contribution in [0.15, 0.2) is 84.0 Å². The number of aliphatic hydroxyl groups is 1. The van der Waals surface area contributed by atoms with Crippen LogP contribution in [0.25, 0.3) is 5.69 Å². The first-order valence-electron chi connectivity index (χ1n) is 11.7. The van der Waals surface area contributed by atoms with Crippen LogP contribution in [0.3, 0.4) is 0 Å². The van der Waals surface area contributed by atoms with Gasteiger partial charge in [0, 0.05) is 19.2 Å². The van der Waals surface area contributed by atoms with E-state index in [-0.39, 0.29) is 5.75 Å². The minimum Gasteiger partial charge on any atom is -0.468 e. The summed E-state index contributed by atoms with van der Waals surface area (Å²) in [7, 11) is 0. The lowest BCUT2D eigenvalue weighted by Crippen LogP contribution is -2.32. The van der Waals surface area contributed by atoms with Gasteiger partial charge in [0.25, 0.3) is 0 Å². The number of para-hydroxylation sites is 1. The smallest absolute Gasteiger partial charge is 0.227 e. The van der Waals surface area contributed by atoms with Crippen molar-refractivity contribution in [3.8, 4) is 17.3 Å². The van der Waals surface area contributed by atoms with Crippen molar-refractivity contribution < 1.29 is 23.0 Å². The van der Waals surface area contributed by atoms with E-state index in [1.54, 1.807) is 17.0 Å². The van der Waals surface area contributed by atoms with E-state index in [1.807, 2.05) is 54.3 Å². The number of rotatable bonds is 12. The molecule has 0 unspecified atom stereocenters. The van der Waals surface area contributed by atoms with Crippen molar-refractivity contribution in [3.63, 3.8) is 0 Å². The van der Waals surface area contributed by atoms with Gasteiger partial charge in [-0.15, -0.1) is 6.58 Å². The minimum absolute atomic E-state index is 0.113. The van der Waals surface area contributed by atoms with Crippen LogP contribution in [0.1, 0.15) is 29.9 Å². The summed E-state index contributed by atoms with van der Waals surface area (Å²) in [6.45, 7) is 6.74. The maximum Gasteiger partial charge on any atom is 0.227 e. The molecule has 0 aliphatic carbocycles. The molecular formula is C28H29F2N3O3. The standard InChI is InChI=1S/C28H29F2N3O3/c1-3-4-11-23(34)17-32(18-24-12-8-15-35-24)19-25-20(2)31-33(22-9-6-5-7-10-22)28(25)36-27-14-13-21(29)16-26(27)30/h3,5-10,12-16,23,34H,1,4,11,17-19H2,2H3/t23-/m0/s1. The van der Waals surface area contributed by atoms with Crippen LogP contribution in [-0.2, 0) is 13.1 Å². The summed E-state index contributed by atoms with van der Waals surface area (Å²) >= 11 is 0. The monoisotopic (exact) mass is 493 g/mol. The molecule has 0 spiro atoms. The van der Waals surface area contributed by atoms with Crippen LogP contribution in [0.2, 0.25) is 0 Å². The number of aryl methyl sites for hydroxylation is 1. The lowest BCUT2D eigenvalue weighted by atomic mass is 10.1. The molecule has 1 N–H and O–H groups in total. The van der Waals surface area contributed by atoms with E-state index >= 15 is 0 Å². The SMILES string of the molecule is C=CCC[C@H](O)CN(Cc1ccco1)Cc1c(C)nn(-c2ccccc2)c1Oc1ccc(F)cc1F. The predicted molar refractivity (Wildman–Crippen MR) is 133 cm³/mol. The summed E-state index contributed by atoms with van der Waals surface area (Å²) in [6, 6.07) is 16.2. The number of allylic oxidation sites excluding steroid dienone is 1. The van der Waals surface area contributed by atoms with E-state index in [1.165, 1.54) is 6.07 Å². The number of aromatic nitrogens is 2. The van der Waals surface area contributed by atoms with E-state index in [0.29, 0.717) is 49.6 Å². The summed E-state index contributed by atoms with van der Waals surface area (Å²) in [4.78, 5) is 2.03. The van der Waals surface area contributed by atoms with Crippen LogP contribution in [-0.4, -0.2) is 32.4 Å². The third-order valence-electron chi connectivity index (χ3n) is 5.75. The molecule has 1 atom stereocenters. The summed E-state index contributed by atoms with van der Waals surface area (Å²) in [5.74, 6) is -0.559. The number of hydrogen-bond donors (Lipinski definition) is 1. The zero-order valence-electron chi connectivity index (χ0n) is 20.1. The lowest BCUT2D eigenvalue weighted by molar-refractivity contribution is 0.0939. The first kappa shape index (κ1) is 25.3. The number of ether oxygens (including phenoxy) is 1. The van der Waals surface area contributed by atoms with Crippen LogP contribution in [0.4, 0.5) is 8.78 Å². The fourth-order valence-corrected chi connectivity index (χ4v) is 3.96. The van der Waals surface area contributed by atoms with Gasteiger partial charge in [-0.25, -0.2) is 13.5 Å². The molecule has 0 aliphatic rings. The number of hydrogen-bond acceptors (Lipinski definition) is 5. The molecule has 0 saturated heterocycles. The van der Waals surface area contributed by atoms with Gasteiger partial charge in [0.05, 0.1) is 35.9 Å². The molecule has 2 aromatic carbocycles. The average Bonchev–Trinajstić information content (AvgIpc) is 3.48. The number of furan rings is 1. The average molecular weight is 494 g/mol. The number of nitrogens with zero attached hydrogens (tertiary/aromatic N) is 3. The first-order valence-corrected chi connectivity index (χ1v) is 11.7. The van der Waals surface area contributed by atoms with Gasteiger partial charge >= 0.3 is 0 Å². The maximum absolute atomic E-state index is 14.6. The molecule has 0 saturated carbocycles. The van der Waals surface area contributed by atoms with Gasteiger partial charge in [-0.05, 0) is 56.2 Å². The molecule has 8 heteroatoms. The molecule has 36 heavy (non-hydrogen) atoms. The molecule has 6 nitrogen and oxygen atoms in total. The van der Waals surface area contributed by atoms with Crippen molar-refractivity contribution in [1.29, 1.82) is 0 Å². The van der Waals surface area contributed by atoms with E-state index in [9.17, 15) is 13.9 Å². The second kappa shape index (κ2) is 11.8. The Morgan fingerprint density at radius 3 is 2.64 bits per heavy atom. The van der Waals surface area contributed by atoms with Gasteiger partial charge in [-0.2, -0.15) is 5.10 Å². The molecule has 4 aromatic rings. The summed E-state index contributed by atoms with van der Waals surface area (Å²) in [6.07, 6.45) is 4.06. The molecule has 0 fully saturated rings. The Bertz CT molecular complexity index is 1270. The Kier molecular flexibility index (Phi) is 8.30. The number of aliphatic hydroxyl groups excluding tert-OH is 1. The second-order valence-electron chi connectivity index (χ2n) is 8.56. The minimum atomic E-state index is -0.813. The van der Waals surface area contributed by atoms with Crippen LogP contribution in [0, 0.1) is 18.6 Å². The van der Waals surface area contributed by atoms with E-state index in [0.717, 1.165) is 23.6 Å². The van der Waals surface area contributed by atoms with Gasteiger partial charge in [0.15, 0.2) is 11.6 Å². The molecule has 0 aliphatic heterocycles. The fourth-order valence-electron chi connectivity index (χ4n) is 3.96. The van der Waals surface area contributed by atoms with Gasteiger partial charge in [-0.3, -0.25) is 4.90 Å². The number of halogens is 2. The molecule has 0 radical (unpaired) electrons. The normalized spacial score (nSPS) is 12.1. The van der Waals surface area contributed by atoms with Crippen molar-refractivity contribution in [2.24, 2.45) is 0 Å². The lowest BCUT2D eigenvalue weighted by Gasteiger charge is -2.24. The van der Waals surface area contributed by atoms with Crippen LogP contribution >= 0.6 is 0 Å². The predicted octanol–water partition coefficient (Wildman–Crippen LogP) is 6.17. The topological polar surface area (TPSA) is 63.7 Å². The quantitative estimate of drug-likeness (QED) is 0.239. The van der Waals surface area contributed by atoms with Gasteiger partial charge in [-0.1, -0.05) is 24.3 Å². The highest BCUT2D eigenvalue weighted by Gasteiger charge is 2.24. The van der Waals surface area contributed by atoms with Gasteiger partial charge in [0.2, 0.25) is 5.88 Å². The van der Waals surface area contributed by atoms with Crippen molar-refractivity contribution in [1.82, 2.24) is 14.7 Å². The Balaban J connectivity index is 1.71. The highest BCUT2D eigenvalue weighted by molar-refractivity contribution is 5.43. The molecule has 0 bridgehead atoms. The van der Waals surface area contributed by atoms with Gasteiger partial charge in [0.1, 0.15) is 11.6 Å². The highest BCUT2D eigenvalue weighted by atomic mass is 19.1. The summed E-state index contributed by atoms with van der Waals surface area (Å²) < 4.78 is 41.3. The Hall–Kier alpha value is -3.75. The van der Waals surface area contributed by atoms with Crippen molar-refractivity contribution in [2.45, 2.75) is 39.0 Å². The number of benzene rings is 2. The second-order valence-corrected chi connectivity index (χ2v) is 8.56. The molecule has 0 amide bonds. The Labute approximate surface area is 209 Å². The largest absolute Gasteiger partial charge is 0.468 e. The molecular weight excluding hydrogens is 464 g/mol. The van der Waals surface area contributed by atoms with E-state index in [2.05, 4.69) is 11.7 Å². The molecule has 2 heterocycles. The van der Waals surface area contributed by atoms with Gasteiger partial charge < -0.3 is 14.3 Å². The highest BCUT2D eigenvalue weighted by Crippen LogP contribution is 2.33. The third kappa shape index (κ3) is 6.27. The fraction of sp³-hybridized carbons (Fsp3) is 0.250. The first-order chi connectivity index (χ1) is 17.4. The summed E-state index contributed by atoms with van der Waals surface area (Å²) in [5.41, 5.74) is 2.12. The van der Waals surface area contributed by atoms with Crippen molar-refractivity contribution in [3.05, 3.63) is 108 Å². The van der Waals surface area contributed by atoms with E-state index in [4.69, 9.17) is 9.15 Å². The molecule has 4 rings (SSSR count). The molecule has 2 aromatic heterocycles. The zero-order chi connectivity index (χ0) is 25.5. The van der Waals surface area contributed by atoms with Crippen molar-refractivity contribution >= 4 is 0 Å². The maximum atomic E-state index is 14.6. The van der Waals surface area contributed by atoms with Crippen LogP contribution in [0.5, 0.6) is 11.6 Å². The zero-order valence-corrected chi connectivity index (χ0v) is 20.1. The Morgan fingerprint density at radius 1 is 1.14 bits per heavy atom.